The summed E-state index contributed by atoms with van der Waals surface area (Å²) in [5, 5.41) is 13.2. The fourth-order valence-corrected chi connectivity index (χ4v) is 4.67. The van der Waals surface area contributed by atoms with Crippen molar-refractivity contribution in [1.82, 2.24) is 0 Å². The fourth-order valence-electron chi connectivity index (χ4n) is 3.64. The van der Waals surface area contributed by atoms with E-state index in [4.69, 9.17) is 9.47 Å². The third kappa shape index (κ3) is 5.18. The normalized spacial score (nSPS) is 11.5. The summed E-state index contributed by atoms with van der Waals surface area (Å²) in [7, 11) is 3.00. The zero-order valence-electron chi connectivity index (χ0n) is 18.9. The largest absolute Gasteiger partial charge is 0.496 e. The first-order chi connectivity index (χ1) is 15.9. The number of hydrogen-bond acceptors (Lipinski definition) is 8. The Labute approximate surface area is 196 Å². The topological polar surface area (TPSA) is 97.2 Å². The molecule has 0 heterocycles. The van der Waals surface area contributed by atoms with Gasteiger partial charge in [0.25, 0.3) is 0 Å². The van der Waals surface area contributed by atoms with Crippen molar-refractivity contribution < 1.29 is 19.5 Å². The van der Waals surface area contributed by atoms with Crippen molar-refractivity contribution in [3.05, 3.63) is 76.2 Å². The molecule has 0 aliphatic rings. The number of benzene rings is 3. The van der Waals surface area contributed by atoms with E-state index in [0.29, 0.717) is 45.5 Å². The van der Waals surface area contributed by atoms with Crippen LogP contribution < -0.4 is 15.0 Å². The molecule has 3 aromatic rings. The van der Waals surface area contributed by atoms with Gasteiger partial charge >= 0.3 is 0 Å². The predicted molar refractivity (Wildman–Crippen MR) is 133 cm³/mol. The lowest BCUT2D eigenvalue weighted by atomic mass is 9.97. The second-order valence-corrected chi connectivity index (χ2v) is 8.74. The zero-order chi connectivity index (χ0) is 24.0. The molecule has 0 spiro atoms. The van der Waals surface area contributed by atoms with E-state index in [-0.39, 0.29) is 16.1 Å². The van der Waals surface area contributed by atoms with E-state index in [0.717, 1.165) is 5.57 Å². The Kier molecular flexibility index (Phi) is 8.08. The number of ether oxygens (including phenoxy) is 2. The van der Waals surface area contributed by atoms with Crippen molar-refractivity contribution >= 4 is 39.0 Å². The number of thioether (sulfide) groups is 1. The van der Waals surface area contributed by atoms with Crippen molar-refractivity contribution in [2.75, 3.05) is 19.7 Å². The van der Waals surface area contributed by atoms with Crippen LogP contribution in [0.1, 0.15) is 41.4 Å². The molecule has 7 nitrogen and oxygen atoms in total. The van der Waals surface area contributed by atoms with E-state index < -0.39 is 0 Å². The second kappa shape index (κ2) is 11.0. The number of anilines is 1. The number of fused-ring (bicyclic) bond motifs is 1. The lowest BCUT2D eigenvalue weighted by Gasteiger charge is -2.22. The van der Waals surface area contributed by atoms with Gasteiger partial charge in [-0.15, -0.1) is 4.91 Å². The van der Waals surface area contributed by atoms with Gasteiger partial charge in [-0.2, -0.15) is 0 Å². The predicted octanol–water partition coefficient (Wildman–Crippen LogP) is 7.03. The Bertz CT molecular complexity index is 1190. The third-order valence-corrected chi connectivity index (χ3v) is 6.37. The molecule has 8 heteroatoms. The maximum absolute atomic E-state index is 13.1. The molecule has 0 bridgehead atoms. The quantitative estimate of drug-likeness (QED) is 0.198. The van der Waals surface area contributed by atoms with Gasteiger partial charge in [-0.05, 0) is 43.6 Å². The number of nitroso groups, excluding NO2 is 1. The lowest BCUT2D eigenvalue weighted by molar-refractivity contribution is 0.108. The fraction of sp³-hybridized carbons (Fsp3) is 0.240. The summed E-state index contributed by atoms with van der Waals surface area (Å²) >= 11 is 1.18. The van der Waals surface area contributed by atoms with E-state index in [9.17, 15) is 14.9 Å². The summed E-state index contributed by atoms with van der Waals surface area (Å²) in [4.78, 5) is 24.7. The Morgan fingerprint density at radius 1 is 1.12 bits per heavy atom. The van der Waals surface area contributed by atoms with E-state index in [1.165, 1.54) is 38.1 Å². The van der Waals surface area contributed by atoms with Crippen LogP contribution in [0.2, 0.25) is 0 Å². The highest BCUT2D eigenvalue weighted by atomic mass is 32.2. The molecule has 0 amide bonds. The molecule has 0 aliphatic carbocycles. The highest BCUT2D eigenvalue weighted by Gasteiger charge is 2.26. The summed E-state index contributed by atoms with van der Waals surface area (Å²) < 4.78 is 11.4. The van der Waals surface area contributed by atoms with Gasteiger partial charge < -0.3 is 9.47 Å². The number of carbonyl (C=O) groups is 1. The highest BCUT2D eigenvalue weighted by molar-refractivity contribution is 8.14. The molecule has 0 unspecified atom stereocenters. The number of nitrogens with zero attached hydrogens (tertiary/aromatic N) is 1. The van der Waals surface area contributed by atoms with Crippen molar-refractivity contribution in [3.63, 3.8) is 0 Å². The molecule has 0 aromatic heterocycles. The molecule has 2 N–H and O–H groups in total. The van der Waals surface area contributed by atoms with Crippen LogP contribution in [-0.2, 0) is 0 Å². The molecule has 33 heavy (non-hydrogen) atoms. The number of methoxy groups -OCH3 is 2. The lowest BCUT2D eigenvalue weighted by Crippen LogP contribution is -2.05. The van der Waals surface area contributed by atoms with Gasteiger partial charge in [0.05, 0.1) is 30.7 Å². The maximum Gasteiger partial charge on any atom is 0.219 e. The van der Waals surface area contributed by atoms with Gasteiger partial charge in [0, 0.05) is 16.4 Å². The van der Waals surface area contributed by atoms with Crippen molar-refractivity contribution in [1.29, 1.82) is 0 Å². The van der Waals surface area contributed by atoms with Crippen LogP contribution in [0.25, 0.3) is 10.8 Å². The number of carbonyl (C=O) groups excluding carboxylic acids is 1. The van der Waals surface area contributed by atoms with Crippen LogP contribution in [-0.4, -0.2) is 24.5 Å². The molecule has 0 saturated carbocycles. The highest BCUT2D eigenvalue weighted by Crippen LogP contribution is 2.50. The number of nitrogens with one attached hydrogen (secondary N) is 1. The zero-order valence-corrected chi connectivity index (χ0v) is 19.7. The minimum atomic E-state index is -0.328. The first-order valence-electron chi connectivity index (χ1n) is 10.3. The first-order valence-corrected chi connectivity index (χ1v) is 11.2. The molecule has 0 saturated heterocycles. The Morgan fingerprint density at radius 3 is 2.42 bits per heavy atom. The van der Waals surface area contributed by atoms with Crippen molar-refractivity contribution in [2.24, 2.45) is 5.18 Å². The molecule has 0 fully saturated rings. The summed E-state index contributed by atoms with van der Waals surface area (Å²) in [6.45, 7) is 3.99. The number of rotatable bonds is 9. The molecular weight excluding hydrogens is 440 g/mol. The van der Waals surface area contributed by atoms with Crippen LogP contribution in [0.3, 0.4) is 0 Å². The van der Waals surface area contributed by atoms with E-state index >= 15 is 0 Å². The van der Waals surface area contributed by atoms with Gasteiger partial charge in [0.15, 0.2) is 0 Å². The Hall–Kier alpha value is -3.36. The first kappa shape index (κ1) is 24.3. The maximum atomic E-state index is 13.1. The van der Waals surface area contributed by atoms with E-state index in [2.05, 4.69) is 16.7 Å². The Balaban J connectivity index is 2.26. The summed E-state index contributed by atoms with van der Waals surface area (Å²) in [5.74, 6) is 0.816. The van der Waals surface area contributed by atoms with Gasteiger partial charge in [-0.1, -0.05) is 53.7 Å². The second-order valence-electron chi connectivity index (χ2n) is 7.56. The Morgan fingerprint density at radius 2 is 1.85 bits per heavy atom. The van der Waals surface area contributed by atoms with Crippen LogP contribution in [0.5, 0.6) is 11.5 Å². The van der Waals surface area contributed by atoms with Gasteiger partial charge in [-0.3, -0.25) is 15.5 Å². The molecule has 172 valence electrons. The molecule has 0 radical (unpaired) electrons. The number of hydrogen-bond donors (Lipinski definition) is 2. The molecule has 1 atom stereocenters. The van der Waals surface area contributed by atoms with E-state index in [1.807, 2.05) is 32.0 Å². The van der Waals surface area contributed by atoms with Crippen LogP contribution in [0, 0.1) is 4.91 Å². The van der Waals surface area contributed by atoms with Crippen LogP contribution in [0.15, 0.2) is 65.4 Å². The summed E-state index contributed by atoms with van der Waals surface area (Å²) in [6, 6.07) is 13.9. The minimum Gasteiger partial charge on any atom is -0.496 e. The minimum absolute atomic E-state index is 0.0802. The molecule has 0 aliphatic heterocycles. The van der Waals surface area contributed by atoms with Gasteiger partial charge in [0.1, 0.15) is 17.2 Å². The van der Waals surface area contributed by atoms with Crippen LogP contribution >= 0.6 is 11.8 Å². The standard InChI is InChI=1S/C25H26N2O5S/c1-15(2)10-13-21(33-25(28)16-8-6-5-7-9-16)17-14-20(31-3)22-18(26-29)11-12-19(27-30)23(22)24(17)32-4/h5-12,14,21,26,29H,13H2,1-4H3/t21-/m0/s1. The average Bonchev–Trinajstić information content (AvgIpc) is 2.84. The molecule has 3 aromatic carbocycles. The smallest absolute Gasteiger partial charge is 0.219 e. The van der Waals surface area contributed by atoms with Crippen molar-refractivity contribution in [2.45, 2.75) is 25.5 Å². The van der Waals surface area contributed by atoms with E-state index in [1.54, 1.807) is 18.2 Å². The van der Waals surface area contributed by atoms with Crippen molar-refractivity contribution in [3.8, 4) is 11.5 Å². The molecule has 3 rings (SSSR count). The number of allylic oxidation sites excluding steroid dienone is 2. The summed E-state index contributed by atoms with van der Waals surface area (Å²) in [5.41, 5.74) is 5.02. The van der Waals surface area contributed by atoms with Gasteiger partial charge in [0.2, 0.25) is 5.12 Å². The summed E-state index contributed by atoms with van der Waals surface area (Å²) in [6.07, 6.45) is 2.61. The van der Waals surface area contributed by atoms with Gasteiger partial charge in [-0.25, -0.2) is 0 Å². The monoisotopic (exact) mass is 466 g/mol. The SMILES string of the molecule is COc1cc([C@H](CC=C(C)C)SC(=O)c2ccccc2)c(OC)c2c(N=O)ccc(NO)c12. The molecular formula is C25H26N2O5S. The van der Waals surface area contributed by atoms with Crippen LogP contribution in [0.4, 0.5) is 11.4 Å². The average molecular weight is 467 g/mol. The third-order valence-electron chi connectivity index (χ3n) is 5.19.